The fraction of sp³-hybridized carbons (Fsp3) is 0.917. The molecule has 92 valence electrons. The third kappa shape index (κ3) is 2.95. The van der Waals surface area contributed by atoms with Crippen molar-refractivity contribution in [2.24, 2.45) is 11.8 Å². The topological polar surface area (TPSA) is 41.6 Å². The van der Waals surface area contributed by atoms with Crippen LogP contribution < -0.4 is 5.32 Å². The lowest BCUT2D eigenvalue weighted by Crippen LogP contribution is -2.35. The second kappa shape index (κ2) is 5.15. The van der Waals surface area contributed by atoms with Gasteiger partial charge in [0, 0.05) is 13.2 Å². The molecule has 1 saturated carbocycles. The Balaban J connectivity index is 1.64. The van der Waals surface area contributed by atoms with Crippen LogP contribution in [0.4, 0.5) is 0 Å². The molecule has 1 atom stereocenters. The van der Waals surface area contributed by atoms with E-state index in [-0.39, 0.29) is 11.9 Å². The van der Waals surface area contributed by atoms with E-state index in [2.05, 4.69) is 19.2 Å². The summed E-state index contributed by atoms with van der Waals surface area (Å²) in [5, 5.41) is 3.24. The van der Waals surface area contributed by atoms with Crippen molar-refractivity contribution in [2.45, 2.75) is 32.7 Å². The minimum absolute atomic E-state index is 0.00318. The summed E-state index contributed by atoms with van der Waals surface area (Å²) >= 11 is 0. The van der Waals surface area contributed by atoms with Crippen LogP contribution in [0.2, 0.25) is 0 Å². The van der Waals surface area contributed by atoms with Crippen LogP contribution in [-0.4, -0.2) is 43.3 Å². The van der Waals surface area contributed by atoms with E-state index >= 15 is 0 Å². The van der Waals surface area contributed by atoms with Crippen LogP contribution in [0.25, 0.3) is 0 Å². The van der Waals surface area contributed by atoms with E-state index in [1.807, 2.05) is 4.90 Å². The highest BCUT2D eigenvalue weighted by molar-refractivity contribution is 5.83. The largest absolute Gasteiger partial charge is 0.379 e. The van der Waals surface area contributed by atoms with Crippen molar-refractivity contribution in [1.82, 2.24) is 10.2 Å². The van der Waals surface area contributed by atoms with Gasteiger partial charge in [0.25, 0.3) is 0 Å². The molecule has 4 heteroatoms. The third-order valence-corrected chi connectivity index (χ3v) is 3.30. The van der Waals surface area contributed by atoms with Gasteiger partial charge in [0.2, 0.25) is 5.91 Å². The standard InChI is InChI=1S/C12H22N2O2/c1-9(2)11-12(15)14(8-13-11)5-6-16-7-10-3-4-10/h9-11,13H,3-8H2,1-2H3. The highest BCUT2D eigenvalue weighted by Gasteiger charge is 2.32. The lowest BCUT2D eigenvalue weighted by Gasteiger charge is -2.16. The number of hydrogen-bond donors (Lipinski definition) is 1. The molecule has 0 aromatic carbocycles. The SMILES string of the molecule is CC(C)C1NCN(CCOCC2CC2)C1=O. The Morgan fingerprint density at radius 1 is 1.50 bits per heavy atom. The van der Waals surface area contributed by atoms with Crippen molar-refractivity contribution in [1.29, 1.82) is 0 Å². The van der Waals surface area contributed by atoms with E-state index < -0.39 is 0 Å². The normalized spacial score (nSPS) is 25.8. The maximum atomic E-state index is 11.9. The first-order valence-corrected chi connectivity index (χ1v) is 6.28. The number of amides is 1. The van der Waals surface area contributed by atoms with E-state index in [1.54, 1.807) is 0 Å². The van der Waals surface area contributed by atoms with Crippen LogP contribution in [0.3, 0.4) is 0 Å². The number of nitrogens with one attached hydrogen (secondary N) is 1. The van der Waals surface area contributed by atoms with Gasteiger partial charge in [0.15, 0.2) is 0 Å². The molecule has 4 nitrogen and oxygen atoms in total. The number of rotatable bonds is 6. The summed E-state index contributed by atoms with van der Waals surface area (Å²) in [7, 11) is 0. The Kier molecular flexibility index (Phi) is 3.82. The quantitative estimate of drug-likeness (QED) is 0.682. The molecular weight excluding hydrogens is 204 g/mol. The average Bonchev–Trinajstić information content (AvgIpc) is 2.98. The van der Waals surface area contributed by atoms with Gasteiger partial charge in [-0.2, -0.15) is 0 Å². The molecule has 0 aromatic rings. The number of hydrogen-bond acceptors (Lipinski definition) is 3. The van der Waals surface area contributed by atoms with Gasteiger partial charge < -0.3 is 9.64 Å². The van der Waals surface area contributed by atoms with Crippen LogP contribution in [0.1, 0.15) is 26.7 Å². The highest BCUT2D eigenvalue weighted by Crippen LogP contribution is 2.28. The van der Waals surface area contributed by atoms with E-state index in [0.29, 0.717) is 19.2 Å². The zero-order chi connectivity index (χ0) is 11.5. The molecule has 16 heavy (non-hydrogen) atoms. The summed E-state index contributed by atoms with van der Waals surface area (Å²) in [6, 6.07) is 0.00318. The Bertz CT molecular complexity index is 251. The predicted molar refractivity (Wildman–Crippen MR) is 61.9 cm³/mol. The Labute approximate surface area is 97.3 Å². The van der Waals surface area contributed by atoms with Crippen molar-refractivity contribution in [3.05, 3.63) is 0 Å². The minimum Gasteiger partial charge on any atom is -0.379 e. The molecule has 1 amide bonds. The molecule has 0 radical (unpaired) electrons. The minimum atomic E-state index is 0.00318. The van der Waals surface area contributed by atoms with Gasteiger partial charge in [0.05, 0.1) is 19.3 Å². The van der Waals surface area contributed by atoms with Crippen LogP contribution in [0.5, 0.6) is 0 Å². The first-order valence-electron chi connectivity index (χ1n) is 6.28. The van der Waals surface area contributed by atoms with Crippen molar-refractivity contribution in [2.75, 3.05) is 26.4 Å². The van der Waals surface area contributed by atoms with Gasteiger partial charge in [-0.05, 0) is 24.7 Å². The van der Waals surface area contributed by atoms with Crippen molar-refractivity contribution in [3.63, 3.8) is 0 Å². The molecule has 0 aromatic heterocycles. The van der Waals surface area contributed by atoms with Crippen LogP contribution in [0.15, 0.2) is 0 Å². The van der Waals surface area contributed by atoms with Gasteiger partial charge in [0.1, 0.15) is 0 Å². The van der Waals surface area contributed by atoms with Gasteiger partial charge in [-0.3, -0.25) is 10.1 Å². The van der Waals surface area contributed by atoms with Crippen LogP contribution >= 0.6 is 0 Å². The zero-order valence-electron chi connectivity index (χ0n) is 10.2. The highest BCUT2D eigenvalue weighted by atomic mass is 16.5. The summed E-state index contributed by atoms with van der Waals surface area (Å²) in [5.74, 6) is 1.39. The molecule has 0 bridgehead atoms. The molecule has 1 aliphatic heterocycles. The van der Waals surface area contributed by atoms with Gasteiger partial charge in [-0.1, -0.05) is 13.8 Å². The predicted octanol–water partition coefficient (Wildman–Crippen LogP) is 0.827. The fourth-order valence-corrected chi connectivity index (χ4v) is 1.99. The molecule has 1 heterocycles. The van der Waals surface area contributed by atoms with Crippen molar-refractivity contribution < 1.29 is 9.53 Å². The van der Waals surface area contributed by atoms with Gasteiger partial charge in [-0.25, -0.2) is 0 Å². The number of carbonyl (C=O) groups is 1. The number of carbonyl (C=O) groups excluding carboxylic acids is 1. The van der Waals surface area contributed by atoms with Gasteiger partial charge >= 0.3 is 0 Å². The Morgan fingerprint density at radius 2 is 2.25 bits per heavy atom. The van der Waals surface area contributed by atoms with Crippen LogP contribution in [0, 0.1) is 11.8 Å². The van der Waals surface area contributed by atoms with E-state index in [9.17, 15) is 4.79 Å². The molecule has 0 spiro atoms. The lowest BCUT2D eigenvalue weighted by molar-refractivity contribution is -0.130. The molecule has 2 fully saturated rings. The van der Waals surface area contributed by atoms with Crippen molar-refractivity contribution in [3.8, 4) is 0 Å². The number of nitrogens with zero attached hydrogens (tertiary/aromatic N) is 1. The third-order valence-electron chi connectivity index (χ3n) is 3.30. The first-order chi connectivity index (χ1) is 7.68. The Morgan fingerprint density at radius 3 is 2.81 bits per heavy atom. The molecular formula is C12H22N2O2. The second-order valence-electron chi connectivity index (χ2n) is 5.20. The molecule has 1 N–H and O–H groups in total. The van der Waals surface area contributed by atoms with Gasteiger partial charge in [-0.15, -0.1) is 0 Å². The molecule has 1 saturated heterocycles. The average molecular weight is 226 g/mol. The summed E-state index contributed by atoms with van der Waals surface area (Å²) < 4.78 is 5.54. The molecule has 1 unspecified atom stereocenters. The number of ether oxygens (including phenoxy) is 1. The second-order valence-corrected chi connectivity index (χ2v) is 5.20. The van der Waals surface area contributed by atoms with Crippen molar-refractivity contribution >= 4 is 5.91 Å². The molecule has 2 rings (SSSR count). The summed E-state index contributed by atoms with van der Waals surface area (Å²) in [6.45, 7) is 7.10. The summed E-state index contributed by atoms with van der Waals surface area (Å²) in [4.78, 5) is 13.8. The first kappa shape index (κ1) is 11.9. The fourth-order valence-electron chi connectivity index (χ4n) is 1.99. The summed E-state index contributed by atoms with van der Waals surface area (Å²) in [6.07, 6.45) is 2.64. The van der Waals surface area contributed by atoms with E-state index in [4.69, 9.17) is 4.74 Å². The maximum absolute atomic E-state index is 11.9. The molecule has 2 aliphatic rings. The smallest absolute Gasteiger partial charge is 0.241 e. The monoisotopic (exact) mass is 226 g/mol. The van der Waals surface area contributed by atoms with E-state index in [1.165, 1.54) is 12.8 Å². The summed E-state index contributed by atoms with van der Waals surface area (Å²) in [5.41, 5.74) is 0. The van der Waals surface area contributed by atoms with E-state index in [0.717, 1.165) is 19.1 Å². The molecule has 1 aliphatic carbocycles. The maximum Gasteiger partial charge on any atom is 0.241 e. The van der Waals surface area contributed by atoms with Crippen LogP contribution in [-0.2, 0) is 9.53 Å². The lowest BCUT2D eigenvalue weighted by atomic mass is 10.1. The Hall–Kier alpha value is -0.610. The zero-order valence-corrected chi connectivity index (χ0v) is 10.2.